The molecule has 2 aromatic rings. The van der Waals surface area contributed by atoms with Gasteiger partial charge >= 0.3 is 0 Å². The molecule has 0 amide bonds. The average molecular weight is 223 g/mol. The van der Waals surface area contributed by atoms with Crippen LogP contribution in [0.1, 0.15) is 23.7 Å². The summed E-state index contributed by atoms with van der Waals surface area (Å²) in [6.07, 6.45) is 4.68. The second-order valence-electron chi connectivity index (χ2n) is 4.17. The quantitative estimate of drug-likeness (QED) is 0.757. The van der Waals surface area contributed by atoms with Crippen LogP contribution in [0.4, 0.5) is 0 Å². The normalized spacial score (nSPS) is 10.2. The molecule has 2 rings (SSSR count). The van der Waals surface area contributed by atoms with Gasteiger partial charge in [-0.15, -0.1) is 0 Å². The van der Waals surface area contributed by atoms with Crippen molar-refractivity contribution >= 4 is 6.08 Å². The van der Waals surface area contributed by atoms with Crippen LogP contribution in [0.5, 0.6) is 0 Å². The number of aryl methyl sites for hydroxylation is 2. The summed E-state index contributed by atoms with van der Waals surface area (Å²) < 4.78 is 0. The summed E-state index contributed by atoms with van der Waals surface area (Å²) in [5.74, 6) is 0. The number of benzene rings is 1. The molecule has 1 aromatic carbocycles. The lowest BCUT2D eigenvalue weighted by atomic mass is 9.98. The highest BCUT2D eigenvalue weighted by atomic mass is 14.6. The highest BCUT2D eigenvalue weighted by Crippen LogP contribution is 2.23. The second kappa shape index (κ2) is 4.96. The molecule has 17 heavy (non-hydrogen) atoms. The molecule has 0 fully saturated rings. The van der Waals surface area contributed by atoms with E-state index >= 15 is 0 Å². The predicted molar refractivity (Wildman–Crippen MR) is 73.9 cm³/mol. The molecular weight excluding hydrogens is 206 g/mol. The van der Waals surface area contributed by atoms with Crippen LogP contribution in [0.15, 0.2) is 43.1 Å². The SMILES string of the molecule is C=Cc1cc(-c2ccc(C)c(CC)c2)ccn1. The standard InChI is InChI=1S/C16H17N/c1-4-13-10-14(7-6-12(13)3)15-8-9-17-16(5-2)11-15/h5-11H,2,4H2,1,3H3. The fourth-order valence-corrected chi connectivity index (χ4v) is 1.97. The molecule has 0 bridgehead atoms. The van der Waals surface area contributed by atoms with Gasteiger partial charge in [0, 0.05) is 6.20 Å². The zero-order chi connectivity index (χ0) is 12.3. The molecule has 86 valence electrons. The van der Waals surface area contributed by atoms with Crippen molar-refractivity contribution in [2.75, 3.05) is 0 Å². The Kier molecular flexibility index (Phi) is 3.38. The molecule has 0 saturated heterocycles. The van der Waals surface area contributed by atoms with Gasteiger partial charge in [0.15, 0.2) is 0 Å². The zero-order valence-electron chi connectivity index (χ0n) is 10.4. The maximum absolute atomic E-state index is 4.23. The number of rotatable bonds is 3. The highest BCUT2D eigenvalue weighted by Gasteiger charge is 2.02. The Labute approximate surface area is 103 Å². The Morgan fingerprint density at radius 3 is 2.65 bits per heavy atom. The van der Waals surface area contributed by atoms with Gasteiger partial charge in [-0.05, 0) is 53.8 Å². The van der Waals surface area contributed by atoms with E-state index in [1.165, 1.54) is 22.3 Å². The van der Waals surface area contributed by atoms with Crippen molar-refractivity contribution in [2.45, 2.75) is 20.3 Å². The van der Waals surface area contributed by atoms with Gasteiger partial charge in [0.1, 0.15) is 0 Å². The topological polar surface area (TPSA) is 12.9 Å². The molecule has 0 saturated carbocycles. The molecule has 0 unspecified atom stereocenters. The summed E-state index contributed by atoms with van der Waals surface area (Å²) in [4.78, 5) is 4.23. The van der Waals surface area contributed by atoms with Gasteiger partial charge < -0.3 is 0 Å². The van der Waals surface area contributed by atoms with E-state index in [0.717, 1.165) is 12.1 Å². The molecule has 0 spiro atoms. The van der Waals surface area contributed by atoms with Crippen LogP contribution in [-0.4, -0.2) is 4.98 Å². The van der Waals surface area contributed by atoms with E-state index in [2.05, 4.69) is 49.7 Å². The number of nitrogens with zero attached hydrogens (tertiary/aromatic N) is 1. The molecule has 1 heterocycles. The minimum absolute atomic E-state index is 0.918. The maximum atomic E-state index is 4.23. The molecule has 0 atom stereocenters. The van der Waals surface area contributed by atoms with Crippen molar-refractivity contribution in [2.24, 2.45) is 0 Å². The lowest BCUT2D eigenvalue weighted by Gasteiger charge is -2.07. The smallest absolute Gasteiger partial charge is 0.0629 e. The Morgan fingerprint density at radius 1 is 1.18 bits per heavy atom. The van der Waals surface area contributed by atoms with Crippen molar-refractivity contribution in [3.8, 4) is 11.1 Å². The van der Waals surface area contributed by atoms with Gasteiger partial charge in [-0.25, -0.2) is 0 Å². The summed E-state index contributed by atoms with van der Waals surface area (Å²) in [7, 11) is 0. The van der Waals surface area contributed by atoms with Crippen LogP contribution in [0, 0.1) is 6.92 Å². The third kappa shape index (κ3) is 2.44. The molecule has 1 heteroatoms. The van der Waals surface area contributed by atoms with Crippen molar-refractivity contribution in [3.63, 3.8) is 0 Å². The van der Waals surface area contributed by atoms with Gasteiger partial charge in [-0.2, -0.15) is 0 Å². The van der Waals surface area contributed by atoms with Crippen molar-refractivity contribution in [1.29, 1.82) is 0 Å². The summed E-state index contributed by atoms with van der Waals surface area (Å²) in [5.41, 5.74) is 6.12. The monoisotopic (exact) mass is 223 g/mol. The first kappa shape index (κ1) is 11.6. The molecule has 0 aliphatic carbocycles. The van der Waals surface area contributed by atoms with E-state index in [4.69, 9.17) is 0 Å². The maximum Gasteiger partial charge on any atom is 0.0629 e. The minimum atomic E-state index is 0.918. The summed E-state index contributed by atoms with van der Waals surface area (Å²) >= 11 is 0. The summed E-state index contributed by atoms with van der Waals surface area (Å²) in [5, 5.41) is 0. The van der Waals surface area contributed by atoms with Crippen molar-refractivity contribution in [3.05, 3.63) is 59.9 Å². The van der Waals surface area contributed by atoms with Crippen LogP contribution in [-0.2, 0) is 6.42 Å². The highest BCUT2D eigenvalue weighted by molar-refractivity contribution is 5.66. The minimum Gasteiger partial charge on any atom is -0.257 e. The molecule has 0 aliphatic heterocycles. The molecule has 1 aromatic heterocycles. The first-order valence-electron chi connectivity index (χ1n) is 5.93. The van der Waals surface area contributed by atoms with E-state index in [1.54, 1.807) is 6.08 Å². The van der Waals surface area contributed by atoms with E-state index in [0.29, 0.717) is 0 Å². The third-order valence-electron chi connectivity index (χ3n) is 3.05. The van der Waals surface area contributed by atoms with Gasteiger partial charge in [-0.3, -0.25) is 4.98 Å². The van der Waals surface area contributed by atoms with Crippen LogP contribution in [0.25, 0.3) is 17.2 Å². The first-order chi connectivity index (χ1) is 8.24. The fraction of sp³-hybridized carbons (Fsp3) is 0.188. The van der Waals surface area contributed by atoms with Crippen molar-refractivity contribution < 1.29 is 0 Å². The number of pyridine rings is 1. The summed E-state index contributed by atoms with van der Waals surface area (Å²) in [6.45, 7) is 8.10. The van der Waals surface area contributed by atoms with E-state index < -0.39 is 0 Å². The Hall–Kier alpha value is -1.89. The summed E-state index contributed by atoms with van der Waals surface area (Å²) in [6, 6.07) is 10.7. The molecule has 0 N–H and O–H groups in total. The molecular formula is C16H17N. The molecule has 0 radical (unpaired) electrons. The Bertz CT molecular complexity index is 541. The lowest BCUT2D eigenvalue weighted by Crippen LogP contribution is -1.89. The number of hydrogen-bond donors (Lipinski definition) is 0. The van der Waals surface area contributed by atoms with Crippen LogP contribution < -0.4 is 0 Å². The Balaban J connectivity index is 2.48. The average Bonchev–Trinajstić information content (AvgIpc) is 2.39. The molecule has 1 nitrogen and oxygen atoms in total. The van der Waals surface area contributed by atoms with E-state index in [9.17, 15) is 0 Å². The largest absolute Gasteiger partial charge is 0.257 e. The van der Waals surface area contributed by atoms with Crippen LogP contribution >= 0.6 is 0 Å². The second-order valence-corrected chi connectivity index (χ2v) is 4.17. The van der Waals surface area contributed by atoms with Gasteiger partial charge in [0.2, 0.25) is 0 Å². The van der Waals surface area contributed by atoms with Crippen LogP contribution in [0.3, 0.4) is 0 Å². The molecule has 0 aliphatic rings. The third-order valence-corrected chi connectivity index (χ3v) is 3.05. The van der Waals surface area contributed by atoms with E-state index in [1.807, 2.05) is 12.3 Å². The lowest BCUT2D eigenvalue weighted by molar-refractivity contribution is 1.11. The number of hydrogen-bond acceptors (Lipinski definition) is 1. The van der Waals surface area contributed by atoms with E-state index in [-0.39, 0.29) is 0 Å². The van der Waals surface area contributed by atoms with Crippen LogP contribution in [0.2, 0.25) is 0 Å². The Morgan fingerprint density at radius 2 is 1.94 bits per heavy atom. The van der Waals surface area contributed by atoms with Gasteiger partial charge in [-0.1, -0.05) is 31.7 Å². The van der Waals surface area contributed by atoms with Crippen molar-refractivity contribution in [1.82, 2.24) is 4.98 Å². The first-order valence-corrected chi connectivity index (χ1v) is 5.93. The zero-order valence-corrected chi connectivity index (χ0v) is 10.4. The fourth-order valence-electron chi connectivity index (χ4n) is 1.97. The van der Waals surface area contributed by atoms with Gasteiger partial charge in [0.05, 0.1) is 5.69 Å². The predicted octanol–water partition coefficient (Wildman–Crippen LogP) is 4.26. The van der Waals surface area contributed by atoms with Gasteiger partial charge in [0.25, 0.3) is 0 Å². The number of aromatic nitrogens is 1.